The largest absolute Gasteiger partial charge is 0.496 e. The molecule has 1 aromatic carbocycles. The van der Waals surface area contributed by atoms with Crippen LogP contribution >= 0.6 is 0 Å². The minimum atomic E-state index is 0.639. The average molecular weight is 315 g/mol. The summed E-state index contributed by atoms with van der Waals surface area (Å²) < 4.78 is 11.3. The smallest absolute Gasteiger partial charge is 0.163 e. The van der Waals surface area contributed by atoms with Gasteiger partial charge in [-0.1, -0.05) is 45.1 Å². The Morgan fingerprint density at radius 1 is 1.13 bits per heavy atom. The van der Waals surface area contributed by atoms with Gasteiger partial charge < -0.3 is 9.47 Å². The first-order chi connectivity index (χ1) is 11.1. The monoisotopic (exact) mass is 315 g/mol. The van der Waals surface area contributed by atoms with E-state index >= 15 is 0 Å². The summed E-state index contributed by atoms with van der Waals surface area (Å²) in [4.78, 5) is 3.46. The van der Waals surface area contributed by atoms with E-state index in [2.05, 4.69) is 11.8 Å². The summed E-state index contributed by atoms with van der Waals surface area (Å²) >= 11 is 0. The van der Waals surface area contributed by atoms with Crippen LogP contribution in [0.5, 0.6) is 11.5 Å². The average Bonchev–Trinajstić information content (AvgIpc) is 2.55. The Morgan fingerprint density at radius 2 is 1.83 bits per heavy atom. The van der Waals surface area contributed by atoms with Crippen LogP contribution < -0.4 is 9.47 Å². The van der Waals surface area contributed by atoms with Gasteiger partial charge in [0.15, 0.2) is 5.70 Å². The summed E-state index contributed by atoms with van der Waals surface area (Å²) in [5.41, 5.74) is 2.59. The van der Waals surface area contributed by atoms with Crippen molar-refractivity contribution in [3.05, 3.63) is 40.4 Å². The molecule has 1 rings (SSSR count). The van der Waals surface area contributed by atoms with Crippen LogP contribution in [-0.4, -0.2) is 13.7 Å². The van der Waals surface area contributed by atoms with E-state index in [0.717, 1.165) is 35.7 Å². The standard InChI is InChI=1S/C20H29NO2/c1-6-7-8-9-10-11-12-23-20-13-16(2)19(22-5)15-18(20)14-17(3)21-4/h13-15H,6-12H2,1-3,5H3/b17-14-. The van der Waals surface area contributed by atoms with Crippen molar-refractivity contribution < 1.29 is 9.47 Å². The van der Waals surface area contributed by atoms with Crippen molar-refractivity contribution in [2.45, 2.75) is 59.3 Å². The van der Waals surface area contributed by atoms with Gasteiger partial charge in [-0.25, -0.2) is 4.85 Å². The molecule has 0 fully saturated rings. The third kappa shape index (κ3) is 6.78. The number of aryl methyl sites for hydroxylation is 1. The molecule has 0 heterocycles. The van der Waals surface area contributed by atoms with E-state index in [1.807, 2.05) is 25.1 Å². The molecular formula is C20H29NO2. The number of ether oxygens (including phenoxy) is 2. The normalized spacial score (nSPS) is 11.2. The zero-order valence-electron chi connectivity index (χ0n) is 14.9. The first kappa shape index (κ1) is 19.1. The van der Waals surface area contributed by atoms with Gasteiger partial charge in [0, 0.05) is 5.56 Å². The maximum absolute atomic E-state index is 7.10. The number of benzene rings is 1. The Bertz CT molecular complexity index is 555. The first-order valence-electron chi connectivity index (χ1n) is 8.49. The van der Waals surface area contributed by atoms with Crippen LogP contribution in [0.15, 0.2) is 17.8 Å². The Balaban J connectivity index is 2.69. The molecule has 0 bridgehead atoms. The third-order valence-electron chi connectivity index (χ3n) is 3.82. The van der Waals surface area contributed by atoms with Gasteiger partial charge in [0.2, 0.25) is 0 Å². The molecule has 0 aliphatic heterocycles. The number of hydrogen-bond donors (Lipinski definition) is 0. The number of allylic oxidation sites excluding steroid dienone is 1. The molecular weight excluding hydrogens is 286 g/mol. The Morgan fingerprint density at radius 3 is 2.48 bits per heavy atom. The molecule has 0 aliphatic carbocycles. The quantitative estimate of drug-likeness (QED) is 0.389. The van der Waals surface area contributed by atoms with Gasteiger partial charge in [0.1, 0.15) is 11.5 Å². The number of unbranched alkanes of at least 4 members (excludes halogenated alkanes) is 5. The number of hydrogen-bond acceptors (Lipinski definition) is 2. The van der Waals surface area contributed by atoms with Crippen molar-refractivity contribution in [1.82, 2.24) is 0 Å². The molecule has 0 atom stereocenters. The maximum Gasteiger partial charge on any atom is 0.163 e. The van der Waals surface area contributed by atoms with E-state index < -0.39 is 0 Å². The Labute approximate surface area is 141 Å². The summed E-state index contributed by atoms with van der Waals surface area (Å²) in [5.74, 6) is 1.65. The summed E-state index contributed by atoms with van der Waals surface area (Å²) in [7, 11) is 1.66. The van der Waals surface area contributed by atoms with Crippen molar-refractivity contribution in [2.75, 3.05) is 13.7 Å². The highest BCUT2D eigenvalue weighted by molar-refractivity contribution is 5.64. The Kier molecular flexibility index (Phi) is 8.90. The number of methoxy groups -OCH3 is 1. The van der Waals surface area contributed by atoms with Crippen molar-refractivity contribution in [3.63, 3.8) is 0 Å². The van der Waals surface area contributed by atoms with Crippen LogP contribution in [0, 0.1) is 13.5 Å². The second kappa shape index (κ2) is 10.7. The molecule has 0 amide bonds. The fraction of sp³-hybridized carbons (Fsp3) is 0.550. The van der Waals surface area contributed by atoms with E-state index in [9.17, 15) is 0 Å². The molecule has 3 nitrogen and oxygen atoms in total. The first-order valence-corrected chi connectivity index (χ1v) is 8.49. The third-order valence-corrected chi connectivity index (χ3v) is 3.82. The van der Waals surface area contributed by atoms with Gasteiger partial charge in [0.05, 0.1) is 20.3 Å². The predicted molar refractivity (Wildman–Crippen MR) is 96.9 cm³/mol. The van der Waals surface area contributed by atoms with Crippen LogP contribution in [0.3, 0.4) is 0 Å². The SMILES string of the molecule is [C-]#[N+]/C(C)=C\c1cc(OC)c(C)cc1OCCCCCCCC. The van der Waals surface area contributed by atoms with Crippen LogP contribution in [0.4, 0.5) is 0 Å². The minimum Gasteiger partial charge on any atom is -0.496 e. The number of nitrogens with zero attached hydrogens (tertiary/aromatic N) is 1. The molecule has 0 aromatic heterocycles. The summed E-state index contributed by atoms with van der Waals surface area (Å²) in [6, 6.07) is 3.94. The summed E-state index contributed by atoms with van der Waals surface area (Å²) in [6.45, 7) is 13.9. The fourth-order valence-electron chi connectivity index (χ4n) is 2.46. The summed E-state index contributed by atoms with van der Waals surface area (Å²) in [5, 5.41) is 0. The maximum atomic E-state index is 7.10. The van der Waals surface area contributed by atoms with Gasteiger partial charge in [-0.15, -0.1) is 0 Å². The highest BCUT2D eigenvalue weighted by Crippen LogP contribution is 2.30. The van der Waals surface area contributed by atoms with Gasteiger partial charge in [-0.2, -0.15) is 0 Å². The van der Waals surface area contributed by atoms with Crippen molar-refractivity contribution in [2.24, 2.45) is 0 Å². The van der Waals surface area contributed by atoms with Crippen LogP contribution in [-0.2, 0) is 0 Å². The van der Waals surface area contributed by atoms with Crippen LogP contribution in [0.1, 0.15) is 63.5 Å². The molecule has 23 heavy (non-hydrogen) atoms. The second-order valence-corrected chi connectivity index (χ2v) is 5.87. The Hall–Kier alpha value is -1.95. The fourth-order valence-corrected chi connectivity index (χ4v) is 2.46. The molecule has 0 N–H and O–H groups in total. The lowest BCUT2D eigenvalue weighted by atomic mass is 10.1. The minimum absolute atomic E-state index is 0.639. The van der Waals surface area contributed by atoms with Crippen molar-refractivity contribution >= 4 is 6.08 Å². The summed E-state index contributed by atoms with van der Waals surface area (Å²) in [6.07, 6.45) is 9.33. The molecule has 0 saturated heterocycles. The van der Waals surface area contributed by atoms with E-state index in [4.69, 9.17) is 16.0 Å². The van der Waals surface area contributed by atoms with E-state index in [1.54, 1.807) is 14.0 Å². The second-order valence-electron chi connectivity index (χ2n) is 5.87. The predicted octanol–water partition coefficient (Wildman–Crippen LogP) is 6.02. The molecule has 0 aliphatic rings. The molecule has 0 saturated carbocycles. The molecule has 0 radical (unpaired) electrons. The van der Waals surface area contributed by atoms with E-state index in [1.165, 1.54) is 32.1 Å². The lowest BCUT2D eigenvalue weighted by Gasteiger charge is -2.13. The highest BCUT2D eigenvalue weighted by Gasteiger charge is 2.08. The van der Waals surface area contributed by atoms with Gasteiger partial charge >= 0.3 is 0 Å². The zero-order chi connectivity index (χ0) is 17.1. The van der Waals surface area contributed by atoms with Crippen molar-refractivity contribution in [1.29, 1.82) is 0 Å². The van der Waals surface area contributed by atoms with E-state index in [-0.39, 0.29) is 0 Å². The lowest BCUT2D eigenvalue weighted by molar-refractivity contribution is 0.303. The molecule has 0 spiro atoms. The topological polar surface area (TPSA) is 22.8 Å². The van der Waals surface area contributed by atoms with Crippen molar-refractivity contribution in [3.8, 4) is 11.5 Å². The number of rotatable bonds is 10. The van der Waals surface area contributed by atoms with Gasteiger partial charge in [0.25, 0.3) is 0 Å². The highest BCUT2D eigenvalue weighted by atomic mass is 16.5. The molecule has 0 unspecified atom stereocenters. The van der Waals surface area contributed by atoms with Gasteiger partial charge in [-0.05, 0) is 38.0 Å². The van der Waals surface area contributed by atoms with Gasteiger partial charge in [-0.3, -0.25) is 0 Å². The molecule has 1 aromatic rings. The van der Waals surface area contributed by atoms with Crippen LogP contribution in [0.2, 0.25) is 0 Å². The molecule has 126 valence electrons. The lowest BCUT2D eigenvalue weighted by Crippen LogP contribution is -2.00. The zero-order valence-corrected chi connectivity index (χ0v) is 14.9. The molecule has 3 heteroatoms. The van der Waals surface area contributed by atoms with E-state index in [0.29, 0.717) is 5.70 Å². The van der Waals surface area contributed by atoms with Crippen LogP contribution in [0.25, 0.3) is 10.9 Å².